The summed E-state index contributed by atoms with van der Waals surface area (Å²) in [6.45, 7) is 0. The van der Waals surface area contributed by atoms with Gasteiger partial charge in [0, 0.05) is 18.0 Å². The number of nitrogens with one attached hydrogen (secondary N) is 1. The van der Waals surface area contributed by atoms with Crippen LogP contribution in [0.15, 0.2) is 47.4 Å². The fraction of sp³-hybridized carbons (Fsp3) is 0.0833. The maximum atomic E-state index is 11.1. The monoisotopic (exact) mass is 200 g/mol. The van der Waals surface area contributed by atoms with Crippen molar-refractivity contribution < 1.29 is 0 Å². The highest BCUT2D eigenvalue weighted by Crippen LogP contribution is 2.09. The van der Waals surface area contributed by atoms with Crippen molar-refractivity contribution in [2.24, 2.45) is 0 Å². The first kappa shape index (κ1) is 9.52. The lowest BCUT2D eigenvalue weighted by Gasteiger charge is -2.01. The summed E-state index contributed by atoms with van der Waals surface area (Å²) < 4.78 is 0. The van der Waals surface area contributed by atoms with E-state index in [4.69, 9.17) is 5.73 Å². The van der Waals surface area contributed by atoms with Gasteiger partial charge in [0.05, 0.1) is 0 Å². The molecule has 15 heavy (non-hydrogen) atoms. The maximum Gasteiger partial charge on any atom is 0.248 e. The topological polar surface area (TPSA) is 58.9 Å². The minimum absolute atomic E-state index is 0.0667. The third-order valence-corrected chi connectivity index (χ3v) is 2.23. The Labute approximate surface area is 87.6 Å². The zero-order valence-electron chi connectivity index (χ0n) is 8.23. The second-order valence-electron chi connectivity index (χ2n) is 3.48. The van der Waals surface area contributed by atoms with Gasteiger partial charge >= 0.3 is 0 Å². The molecule has 0 radical (unpaired) electrons. The maximum absolute atomic E-state index is 11.1. The van der Waals surface area contributed by atoms with Crippen molar-refractivity contribution in [1.82, 2.24) is 4.98 Å². The Morgan fingerprint density at radius 2 is 1.80 bits per heavy atom. The van der Waals surface area contributed by atoms with E-state index in [-0.39, 0.29) is 5.56 Å². The number of hydrogen-bond donors (Lipinski definition) is 2. The summed E-state index contributed by atoms with van der Waals surface area (Å²) in [4.78, 5) is 13.7. The van der Waals surface area contributed by atoms with Crippen LogP contribution in [0.3, 0.4) is 0 Å². The third kappa shape index (κ3) is 2.47. The van der Waals surface area contributed by atoms with Gasteiger partial charge in [-0.05, 0) is 35.7 Å². The van der Waals surface area contributed by atoms with Gasteiger partial charge in [-0.3, -0.25) is 4.79 Å². The Kier molecular flexibility index (Phi) is 2.54. The van der Waals surface area contributed by atoms with Crippen molar-refractivity contribution in [1.29, 1.82) is 0 Å². The molecule has 2 rings (SSSR count). The lowest BCUT2D eigenvalue weighted by atomic mass is 10.1. The van der Waals surface area contributed by atoms with E-state index in [0.717, 1.165) is 23.2 Å². The molecule has 0 unspecified atom stereocenters. The summed E-state index contributed by atoms with van der Waals surface area (Å²) in [6, 6.07) is 11.2. The first-order valence-electron chi connectivity index (χ1n) is 4.76. The standard InChI is InChI=1S/C12H12N2O/c13-11-3-1-9(2-4-11)7-10-5-6-14-12(15)8-10/h1-6,8H,7,13H2,(H,14,15). The largest absolute Gasteiger partial charge is 0.399 e. The van der Waals surface area contributed by atoms with E-state index >= 15 is 0 Å². The fourth-order valence-corrected chi connectivity index (χ4v) is 1.47. The second-order valence-corrected chi connectivity index (χ2v) is 3.48. The van der Waals surface area contributed by atoms with Gasteiger partial charge in [-0.15, -0.1) is 0 Å². The summed E-state index contributed by atoms with van der Waals surface area (Å²) in [6.07, 6.45) is 2.42. The average molecular weight is 200 g/mol. The van der Waals surface area contributed by atoms with Crippen molar-refractivity contribution in [2.45, 2.75) is 6.42 Å². The number of hydrogen-bond acceptors (Lipinski definition) is 2. The van der Waals surface area contributed by atoms with Crippen LogP contribution >= 0.6 is 0 Å². The number of pyridine rings is 1. The Bertz CT molecular complexity index is 500. The molecule has 0 bridgehead atoms. The van der Waals surface area contributed by atoms with Crippen LogP contribution in [0.2, 0.25) is 0 Å². The average Bonchev–Trinajstić information content (AvgIpc) is 2.22. The number of nitrogen functional groups attached to an aromatic ring is 1. The molecule has 0 aliphatic rings. The van der Waals surface area contributed by atoms with E-state index in [1.807, 2.05) is 30.3 Å². The van der Waals surface area contributed by atoms with Gasteiger partial charge in [-0.2, -0.15) is 0 Å². The Morgan fingerprint density at radius 1 is 1.07 bits per heavy atom. The van der Waals surface area contributed by atoms with Crippen molar-refractivity contribution in [3.05, 3.63) is 64.1 Å². The summed E-state index contributed by atoms with van der Waals surface area (Å²) in [5, 5.41) is 0. The van der Waals surface area contributed by atoms with Crippen LogP contribution in [-0.4, -0.2) is 4.98 Å². The second kappa shape index (κ2) is 4.00. The lowest BCUT2D eigenvalue weighted by Crippen LogP contribution is -2.04. The summed E-state index contributed by atoms with van der Waals surface area (Å²) >= 11 is 0. The molecule has 0 aliphatic heterocycles. The van der Waals surface area contributed by atoms with Crippen LogP contribution in [0.25, 0.3) is 0 Å². The highest BCUT2D eigenvalue weighted by molar-refractivity contribution is 5.40. The molecule has 3 N–H and O–H groups in total. The molecule has 0 spiro atoms. The fourth-order valence-electron chi connectivity index (χ4n) is 1.47. The molecule has 0 atom stereocenters. The number of aromatic nitrogens is 1. The molecule has 76 valence electrons. The van der Waals surface area contributed by atoms with Crippen LogP contribution in [0, 0.1) is 0 Å². The van der Waals surface area contributed by atoms with E-state index in [1.165, 1.54) is 0 Å². The number of rotatable bonds is 2. The van der Waals surface area contributed by atoms with Gasteiger partial charge in [0.25, 0.3) is 0 Å². The molecule has 3 nitrogen and oxygen atoms in total. The lowest BCUT2D eigenvalue weighted by molar-refractivity contribution is 1.13. The Balaban J connectivity index is 2.22. The number of benzene rings is 1. The predicted octanol–water partition coefficient (Wildman–Crippen LogP) is 1.55. The minimum atomic E-state index is -0.0667. The van der Waals surface area contributed by atoms with Crippen LogP contribution in [0.5, 0.6) is 0 Å². The van der Waals surface area contributed by atoms with E-state index in [0.29, 0.717) is 0 Å². The molecule has 0 aliphatic carbocycles. The smallest absolute Gasteiger partial charge is 0.248 e. The quantitative estimate of drug-likeness (QED) is 0.722. The van der Waals surface area contributed by atoms with Gasteiger partial charge in [-0.25, -0.2) is 0 Å². The molecule has 1 aromatic heterocycles. The van der Waals surface area contributed by atoms with Crippen LogP contribution in [0.1, 0.15) is 11.1 Å². The van der Waals surface area contributed by atoms with Crippen molar-refractivity contribution in [2.75, 3.05) is 5.73 Å². The molecule has 3 heteroatoms. The predicted molar refractivity (Wildman–Crippen MR) is 60.7 cm³/mol. The van der Waals surface area contributed by atoms with E-state index in [9.17, 15) is 4.79 Å². The summed E-state index contributed by atoms with van der Waals surface area (Å²) in [5.41, 5.74) is 8.43. The zero-order valence-corrected chi connectivity index (χ0v) is 8.23. The number of aromatic amines is 1. The van der Waals surface area contributed by atoms with Crippen LogP contribution in [-0.2, 0) is 6.42 Å². The summed E-state index contributed by atoms with van der Waals surface area (Å²) in [7, 11) is 0. The van der Waals surface area contributed by atoms with Crippen LogP contribution < -0.4 is 11.3 Å². The zero-order chi connectivity index (χ0) is 10.7. The van der Waals surface area contributed by atoms with Gasteiger partial charge in [-0.1, -0.05) is 12.1 Å². The van der Waals surface area contributed by atoms with Gasteiger partial charge < -0.3 is 10.7 Å². The van der Waals surface area contributed by atoms with Crippen LogP contribution in [0.4, 0.5) is 5.69 Å². The SMILES string of the molecule is Nc1ccc(Cc2cc[nH]c(=O)c2)cc1. The number of nitrogens with two attached hydrogens (primary N) is 1. The molecule has 0 saturated carbocycles. The van der Waals surface area contributed by atoms with Crippen molar-refractivity contribution >= 4 is 5.69 Å². The molecule has 0 amide bonds. The molecule has 0 fully saturated rings. The molecular formula is C12H12N2O. The molecule has 2 aromatic rings. The number of H-pyrrole nitrogens is 1. The van der Waals surface area contributed by atoms with E-state index in [2.05, 4.69) is 4.98 Å². The summed E-state index contributed by atoms with van der Waals surface area (Å²) in [5.74, 6) is 0. The van der Waals surface area contributed by atoms with Gasteiger partial charge in [0.1, 0.15) is 0 Å². The normalized spacial score (nSPS) is 10.1. The van der Waals surface area contributed by atoms with E-state index < -0.39 is 0 Å². The molecule has 1 heterocycles. The number of anilines is 1. The van der Waals surface area contributed by atoms with Gasteiger partial charge in [0.15, 0.2) is 0 Å². The molecule has 0 saturated heterocycles. The third-order valence-electron chi connectivity index (χ3n) is 2.23. The van der Waals surface area contributed by atoms with Crippen molar-refractivity contribution in [3.8, 4) is 0 Å². The Hall–Kier alpha value is -2.03. The molecular weight excluding hydrogens is 188 g/mol. The first-order chi connectivity index (χ1) is 7.24. The van der Waals surface area contributed by atoms with E-state index in [1.54, 1.807) is 12.3 Å². The minimum Gasteiger partial charge on any atom is -0.399 e. The highest BCUT2D eigenvalue weighted by atomic mass is 16.1. The Morgan fingerprint density at radius 3 is 2.47 bits per heavy atom. The highest BCUT2D eigenvalue weighted by Gasteiger charge is 1.96. The van der Waals surface area contributed by atoms with Gasteiger partial charge in [0.2, 0.25) is 5.56 Å². The molecule has 1 aromatic carbocycles. The first-order valence-corrected chi connectivity index (χ1v) is 4.76. The van der Waals surface area contributed by atoms with Crippen molar-refractivity contribution in [3.63, 3.8) is 0 Å².